The van der Waals surface area contributed by atoms with Crippen molar-refractivity contribution in [2.24, 2.45) is 0 Å². The molecule has 3 aromatic carbocycles. The van der Waals surface area contributed by atoms with E-state index in [1.807, 2.05) is 0 Å². The minimum absolute atomic E-state index is 1.01. The van der Waals surface area contributed by atoms with Crippen LogP contribution in [0.2, 0.25) is 0 Å². The Hall–Kier alpha value is -3.22. The number of aryl methyl sites for hydroxylation is 2. The molecule has 0 bridgehead atoms. The van der Waals surface area contributed by atoms with Gasteiger partial charge < -0.3 is 0 Å². The van der Waals surface area contributed by atoms with Gasteiger partial charge in [0.15, 0.2) is 0 Å². The largest absolute Gasteiger partial charge is 0.0654 e. The summed E-state index contributed by atoms with van der Waals surface area (Å²) in [5.74, 6) is 13.1. The van der Waals surface area contributed by atoms with Gasteiger partial charge in [-0.15, -0.1) is 0 Å². The molecule has 0 saturated carbocycles. The number of hydrogen-bond donors (Lipinski definition) is 0. The second kappa shape index (κ2) is 14.8. The first-order valence-electron chi connectivity index (χ1n) is 13.1. The van der Waals surface area contributed by atoms with Gasteiger partial charge in [0.2, 0.25) is 0 Å². The minimum atomic E-state index is 1.01. The predicted octanol–water partition coefficient (Wildman–Crippen LogP) is 8.73. The highest BCUT2D eigenvalue weighted by Gasteiger charge is 1.96. The topological polar surface area (TPSA) is 0 Å². The molecule has 0 atom stereocenters. The van der Waals surface area contributed by atoms with Crippen molar-refractivity contribution in [3.05, 3.63) is 106 Å². The van der Waals surface area contributed by atoms with E-state index in [1.54, 1.807) is 0 Å². The molecule has 0 N–H and O–H groups in total. The summed E-state index contributed by atoms with van der Waals surface area (Å²) in [5, 5.41) is 0. The monoisotopic (exact) mass is 446 g/mol. The predicted molar refractivity (Wildman–Crippen MR) is 147 cm³/mol. The van der Waals surface area contributed by atoms with Crippen molar-refractivity contribution in [1.82, 2.24) is 0 Å². The lowest BCUT2D eigenvalue weighted by Gasteiger charge is -2.01. The van der Waals surface area contributed by atoms with Crippen molar-refractivity contribution in [3.8, 4) is 23.7 Å². The van der Waals surface area contributed by atoms with Gasteiger partial charge in [-0.2, -0.15) is 0 Å². The van der Waals surface area contributed by atoms with Gasteiger partial charge in [-0.1, -0.05) is 100 Å². The van der Waals surface area contributed by atoms with E-state index in [4.69, 9.17) is 0 Å². The highest BCUT2D eigenvalue weighted by atomic mass is 14.0. The molecule has 0 heterocycles. The maximum Gasteiger partial charge on any atom is 0.0249 e. The van der Waals surface area contributed by atoms with E-state index in [0.29, 0.717) is 0 Å². The first kappa shape index (κ1) is 25.4. The Morgan fingerprint density at radius 1 is 0.382 bits per heavy atom. The van der Waals surface area contributed by atoms with E-state index in [0.717, 1.165) is 28.7 Å². The second-order valence-corrected chi connectivity index (χ2v) is 9.09. The van der Waals surface area contributed by atoms with Gasteiger partial charge in [0.1, 0.15) is 0 Å². The summed E-state index contributed by atoms with van der Waals surface area (Å²) in [6.07, 6.45) is 12.8. The molecule has 0 aliphatic rings. The lowest BCUT2D eigenvalue weighted by molar-refractivity contribution is 0.632. The number of unbranched alkanes of at least 4 members (excludes halogenated alkanes) is 6. The Bertz CT molecular complexity index is 1090. The zero-order chi connectivity index (χ0) is 23.8. The van der Waals surface area contributed by atoms with Crippen molar-refractivity contribution in [3.63, 3.8) is 0 Å². The minimum Gasteiger partial charge on any atom is -0.0654 e. The number of rotatable bonds is 10. The molecular formula is C34H38. The molecule has 0 aliphatic heterocycles. The van der Waals surface area contributed by atoms with Crippen LogP contribution in [0.4, 0.5) is 0 Å². The smallest absolute Gasteiger partial charge is 0.0249 e. The maximum absolute atomic E-state index is 3.29. The van der Waals surface area contributed by atoms with Crippen LogP contribution < -0.4 is 0 Å². The summed E-state index contributed by atoms with van der Waals surface area (Å²) in [4.78, 5) is 0. The molecule has 0 saturated heterocycles. The molecule has 34 heavy (non-hydrogen) atoms. The van der Waals surface area contributed by atoms with Crippen molar-refractivity contribution in [2.45, 2.75) is 78.1 Å². The van der Waals surface area contributed by atoms with Gasteiger partial charge in [0.25, 0.3) is 0 Å². The quantitative estimate of drug-likeness (QED) is 0.216. The van der Waals surface area contributed by atoms with E-state index in [1.165, 1.54) is 68.9 Å². The Kier molecular flexibility index (Phi) is 11.1. The van der Waals surface area contributed by atoms with Crippen LogP contribution in [0.25, 0.3) is 0 Å². The Morgan fingerprint density at radius 2 is 0.676 bits per heavy atom. The van der Waals surface area contributed by atoms with Gasteiger partial charge in [-0.25, -0.2) is 0 Å². The fourth-order valence-corrected chi connectivity index (χ4v) is 3.95. The summed E-state index contributed by atoms with van der Waals surface area (Å²) in [5.41, 5.74) is 6.97. The highest BCUT2D eigenvalue weighted by molar-refractivity contribution is 5.48. The molecule has 0 fully saturated rings. The first-order valence-corrected chi connectivity index (χ1v) is 13.1. The molecule has 0 aromatic heterocycles. The molecule has 0 unspecified atom stereocenters. The van der Waals surface area contributed by atoms with E-state index in [2.05, 4.69) is 110 Å². The fraction of sp³-hybridized carbons (Fsp3) is 0.353. The van der Waals surface area contributed by atoms with E-state index < -0.39 is 0 Å². The lowest BCUT2D eigenvalue weighted by Crippen LogP contribution is -1.86. The third-order valence-electron chi connectivity index (χ3n) is 6.13. The van der Waals surface area contributed by atoms with Crippen LogP contribution in [-0.4, -0.2) is 0 Å². The number of benzene rings is 3. The Labute approximate surface area is 207 Å². The highest BCUT2D eigenvalue weighted by Crippen LogP contribution is 2.11. The zero-order valence-electron chi connectivity index (χ0n) is 21.0. The number of hydrogen-bond acceptors (Lipinski definition) is 0. The van der Waals surface area contributed by atoms with Crippen molar-refractivity contribution < 1.29 is 0 Å². The normalized spacial score (nSPS) is 10.2. The van der Waals surface area contributed by atoms with E-state index >= 15 is 0 Å². The molecule has 0 nitrogen and oxygen atoms in total. The van der Waals surface area contributed by atoms with Crippen molar-refractivity contribution in [2.75, 3.05) is 0 Å². The molecule has 3 aromatic rings. The SMILES string of the molecule is CCCCCCCc1ccc(C#Cc2ccc(C#Cc3ccc(CCCCC)cc3)cc2)cc1. The summed E-state index contributed by atoms with van der Waals surface area (Å²) in [7, 11) is 0. The van der Waals surface area contributed by atoms with Crippen molar-refractivity contribution >= 4 is 0 Å². The van der Waals surface area contributed by atoms with Crippen LogP contribution in [0.15, 0.2) is 72.8 Å². The maximum atomic E-state index is 3.29. The van der Waals surface area contributed by atoms with Crippen LogP contribution in [0, 0.1) is 23.7 Å². The van der Waals surface area contributed by atoms with Gasteiger partial charge >= 0.3 is 0 Å². The summed E-state index contributed by atoms with van der Waals surface area (Å²) < 4.78 is 0. The summed E-state index contributed by atoms with van der Waals surface area (Å²) >= 11 is 0. The average Bonchev–Trinajstić information content (AvgIpc) is 2.88. The van der Waals surface area contributed by atoms with Crippen molar-refractivity contribution in [1.29, 1.82) is 0 Å². The standard InChI is InChI=1S/C34H38/c1-3-5-7-8-10-12-30-15-19-32(20-16-30)22-24-34-27-25-33(26-28-34)23-21-31-17-13-29(14-18-31)11-9-6-4-2/h13-20,25-28H,3-12H2,1-2H3. The Balaban J connectivity index is 1.50. The van der Waals surface area contributed by atoms with Gasteiger partial charge in [0, 0.05) is 22.3 Å². The van der Waals surface area contributed by atoms with Gasteiger partial charge in [-0.05, 0) is 85.3 Å². The summed E-state index contributed by atoms with van der Waals surface area (Å²) in [6.45, 7) is 4.50. The molecule has 0 aliphatic carbocycles. The third-order valence-corrected chi connectivity index (χ3v) is 6.13. The van der Waals surface area contributed by atoms with Gasteiger partial charge in [0.05, 0.1) is 0 Å². The molecule has 0 heteroatoms. The van der Waals surface area contributed by atoms with Crippen LogP contribution in [0.5, 0.6) is 0 Å². The lowest BCUT2D eigenvalue weighted by atomic mass is 10.0. The van der Waals surface area contributed by atoms with Crippen LogP contribution in [0.3, 0.4) is 0 Å². The molecule has 3 rings (SSSR count). The molecule has 0 amide bonds. The second-order valence-electron chi connectivity index (χ2n) is 9.09. The van der Waals surface area contributed by atoms with Crippen LogP contribution in [0.1, 0.15) is 98.6 Å². The molecule has 174 valence electrons. The molecule has 0 spiro atoms. The fourth-order valence-electron chi connectivity index (χ4n) is 3.95. The van der Waals surface area contributed by atoms with Gasteiger partial charge in [-0.3, -0.25) is 0 Å². The zero-order valence-corrected chi connectivity index (χ0v) is 21.0. The summed E-state index contributed by atoms with van der Waals surface area (Å²) in [6, 6.07) is 25.6. The van der Waals surface area contributed by atoms with E-state index in [9.17, 15) is 0 Å². The van der Waals surface area contributed by atoms with Crippen LogP contribution in [-0.2, 0) is 12.8 Å². The first-order chi connectivity index (χ1) is 16.8. The molecular weight excluding hydrogens is 408 g/mol. The molecule has 0 radical (unpaired) electrons. The Morgan fingerprint density at radius 3 is 1.06 bits per heavy atom. The van der Waals surface area contributed by atoms with E-state index in [-0.39, 0.29) is 0 Å². The van der Waals surface area contributed by atoms with Crippen LogP contribution >= 0.6 is 0 Å². The average molecular weight is 447 g/mol. The third kappa shape index (κ3) is 9.33.